The van der Waals surface area contributed by atoms with Crippen molar-refractivity contribution in [3.63, 3.8) is 0 Å². The number of nitrogens with one attached hydrogen (secondary N) is 1. The Balaban J connectivity index is 2.46. The van der Waals surface area contributed by atoms with Crippen LogP contribution in [0.2, 0.25) is 0 Å². The second-order valence-electron chi connectivity index (χ2n) is 4.65. The van der Waals surface area contributed by atoms with Crippen LogP contribution in [0.25, 0.3) is 0 Å². The predicted octanol–water partition coefficient (Wildman–Crippen LogP) is 0.798. The van der Waals surface area contributed by atoms with E-state index in [0.717, 1.165) is 32.4 Å². The number of nitrogens with zero attached hydrogens (tertiary/aromatic N) is 1. The molecular formula is C10H22N2O2S. The molecule has 0 bridgehead atoms. The van der Waals surface area contributed by atoms with Gasteiger partial charge in [-0.25, -0.2) is 13.1 Å². The Hall–Kier alpha value is -0.130. The summed E-state index contributed by atoms with van der Waals surface area (Å²) >= 11 is 0. The Morgan fingerprint density at radius 1 is 1.27 bits per heavy atom. The van der Waals surface area contributed by atoms with E-state index < -0.39 is 10.0 Å². The first-order valence-electron chi connectivity index (χ1n) is 5.60. The van der Waals surface area contributed by atoms with Crippen LogP contribution in [0.15, 0.2) is 0 Å². The maximum atomic E-state index is 11.1. The van der Waals surface area contributed by atoms with Crippen molar-refractivity contribution in [2.24, 2.45) is 0 Å². The third kappa shape index (κ3) is 4.95. The molecule has 0 amide bonds. The fourth-order valence-corrected chi connectivity index (χ4v) is 2.90. The molecular weight excluding hydrogens is 212 g/mol. The van der Waals surface area contributed by atoms with E-state index in [1.54, 1.807) is 0 Å². The highest BCUT2D eigenvalue weighted by molar-refractivity contribution is 7.88. The van der Waals surface area contributed by atoms with Crippen LogP contribution >= 0.6 is 0 Å². The van der Waals surface area contributed by atoms with Crippen LogP contribution in [0, 0.1) is 0 Å². The molecule has 0 radical (unpaired) electrons. The van der Waals surface area contributed by atoms with Crippen molar-refractivity contribution in [2.75, 3.05) is 19.3 Å². The fraction of sp³-hybridized carbons (Fsp3) is 1.00. The van der Waals surface area contributed by atoms with Gasteiger partial charge in [0.2, 0.25) is 10.0 Å². The summed E-state index contributed by atoms with van der Waals surface area (Å²) in [6, 6.07) is 0.686. The summed E-state index contributed by atoms with van der Waals surface area (Å²) in [5, 5.41) is 0. The van der Waals surface area contributed by atoms with E-state index in [0.29, 0.717) is 6.04 Å². The van der Waals surface area contributed by atoms with Crippen molar-refractivity contribution in [1.29, 1.82) is 0 Å². The standard InChI is InChI=1S/C10H22N2O2S/c1-9(2)12-7-4-5-10(6-8-12)11-15(3,13)14/h9-11H,4-8H2,1-3H3. The quantitative estimate of drug-likeness (QED) is 0.786. The zero-order valence-electron chi connectivity index (χ0n) is 9.86. The van der Waals surface area contributed by atoms with Crippen molar-refractivity contribution in [3.05, 3.63) is 0 Å². The molecule has 1 unspecified atom stereocenters. The molecule has 1 atom stereocenters. The number of rotatable bonds is 3. The number of sulfonamides is 1. The van der Waals surface area contributed by atoms with Crippen LogP contribution < -0.4 is 4.72 Å². The summed E-state index contributed by atoms with van der Waals surface area (Å²) in [5.74, 6) is 0. The maximum Gasteiger partial charge on any atom is 0.208 e. The summed E-state index contributed by atoms with van der Waals surface area (Å²) in [7, 11) is -3.05. The Labute approximate surface area is 93.1 Å². The first-order chi connectivity index (χ1) is 6.88. The van der Waals surface area contributed by atoms with Crippen LogP contribution in [-0.2, 0) is 10.0 Å². The minimum Gasteiger partial charge on any atom is -0.301 e. The van der Waals surface area contributed by atoms with Crippen molar-refractivity contribution >= 4 is 10.0 Å². The van der Waals surface area contributed by atoms with Crippen LogP contribution in [0.5, 0.6) is 0 Å². The molecule has 1 N–H and O–H groups in total. The van der Waals surface area contributed by atoms with Gasteiger partial charge in [-0.2, -0.15) is 0 Å². The highest BCUT2D eigenvalue weighted by Crippen LogP contribution is 2.13. The molecule has 0 spiro atoms. The van der Waals surface area contributed by atoms with Crippen molar-refractivity contribution < 1.29 is 8.42 Å². The first kappa shape index (κ1) is 12.9. The van der Waals surface area contributed by atoms with Gasteiger partial charge in [0.25, 0.3) is 0 Å². The summed E-state index contributed by atoms with van der Waals surface area (Å²) in [6.45, 7) is 6.44. The molecule has 1 heterocycles. The van der Waals surface area contributed by atoms with Crippen molar-refractivity contribution in [2.45, 2.75) is 45.2 Å². The normalized spacial score (nSPS) is 25.5. The molecule has 1 aliphatic heterocycles. The molecule has 1 rings (SSSR count). The predicted molar refractivity (Wildman–Crippen MR) is 62.3 cm³/mol. The smallest absolute Gasteiger partial charge is 0.208 e. The van der Waals surface area contributed by atoms with Crippen LogP contribution in [-0.4, -0.2) is 44.7 Å². The van der Waals surface area contributed by atoms with Gasteiger partial charge in [-0.3, -0.25) is 0 Å². The third-order valence-corrected chi connectivity index (χ3v) is 3.64. The lowest BCUT2D eigenvalue weighted by Crippen LogP contribution is -2.36. The highest BCUT2D eigenvalue weighted by Gasteiger charge is 2.20. The molecule has 90 valence electrons. The van der Waals surface area contributed by atoms with Crippen LogP contribution in [0.3, 0.4) is 0 Å². The van der Waals surface area contributed by atoms with Gasteiger partial charge in [-0.1, -0.05) is 0 Å². The number of hydrogen-bond acceptors (Lipinski definition) is 3. The highest BCUT2D eigenvalue weighted by atomic mass is 32.2. The molecule has 0 aromatic rings. The van der Waals surface area contributed by atoms with Crippen LogP contribution in [0.1, 0.15) is 33.1 Å². The monoisotopic (exact) mass is 234 g/mol. The van der Waals surface area contributed by atoms with Gasteiger partial charge in [0.1, 0.15) is 0 Å². The molecule has 0 aromatic carbocycles. The molecule has 4 nitrogen and oxygen atoms in total. The zero-order valence-corrected chi connectivity index (χ0v) is 10.7. The summed E-state index contributed by atoms with van der Waals surface area (Å²) < 4.78 is 24.9. The fourth-order valence-electron chi connectivity index (χ4n) is 2.06. The largest absolute Gasteiger partial charge is 0.301 e. The summed E-state index contributed by atoms with van der Waals surface area (Å²) in [6.07, 6.45) is 4.19. The molecule has 15 heavy (non-hydrogen) atoms. The molecule has 1 fully saturated rings. The minimum atomic E-state index is -3.05. The lowest BCUT2D eigenvalue weighted by Gasteiger charge is -2.24. The van der Waals surface area contributed by atoms with E-state index in [1.807, 2.05) is 0 Å². The van der Waals surface area contributed by atoms with Gasteiger partial charge in [-0.05, 0) is 46.2 Å². The topological polar surface area (TPSA) is 49.4 Å². The minimum absolute atomic E-state index is 0.128. The van der Waals surface area contributed by atoms with E-state index in [-0.39, 0.29) is 6.04 Å². The lowest BCUT2D eigenvalue weighted by molar-refractivity contribution is 0.230. The van der Waals surface area contributed by atoms with E-state index >= 15 is 0 Å². The zero-order chi connectivity index (χ0) is 11.5. The van der Waals surface area contributed by atoms with E-state index in [1.165, 1.54) is 6.26 Å². The Bertz CT molecular complexity index is 288. The molecule has 0 saturated carbocycles. The van der Waals surface area contributed by atoms with Crippen LogP contribution in [0.4, 0.5) is 0 Å². The van der Waals surface area contributed by atoms with Gasteiger partial charge in [0, 0.05) is 12.1 Å². The number of likely N-dealkylation sites (tertiary alicyclic amines) is 1. The van der Waals surface area contributed by atoms with Gasteiger partial charge < -0.3 is 4.90 Å². The second-order valence-corrected chi connectivity index (χ2v) is 6.43. The van der Waals surface area contributed by atoms with Gasteiger partial charge in [-0.15, -0.1) is 0 Å². The van der Waals surface area contributed by atoms with E-state index in [2.05, 4.69) is 23.5 Å². The van der Waals surface area contributed by atoms with Gasteiger partial charge in [0.15, 0.2) is 0 Å². The lowest BCUT2D eigenvalue weighted by atomic mass is 10.1. The molecule has 1 aliphatic rings. The SMILES string of the molecule is CC(C)N1CCCC(NS(C)(=O)=O)CC1. The first-order valence-corrected chi connectivity index (χ1v) is 7.49. The number of hydrogen-bond donors (Lipinski definition) is 1. The van der Waals surface area contributed by atoms with E-state index in [4.69, 9.17) is 0 Å². The summed E-state index contributed by atoms with van der Waals surface area (Å²) in [4.78, 5) is 2.41. The second kappa shape index (κ2) is 5.27. The van der Waals surface area contributed by atoms with Gasteiger partial charge >= 0.3 is 0 Å². The third-order valence-electron chi connectivity index (χ3n) is 2.87. The maximum absolute atomic E-state index is 11.1. The van der Waals surface area contributed by atoms with Crippen molar-refractivity contribution in [1.82, 2.24) is 9.62 Å². The average Bonchev–Trinajstić information content (AvgIpc) is 2.26. The van der Waals surface area contributed by atoms with Crippen molar-refractivity contribution in [3.8, 4) is 0 Å². The van der Waals surface area contributed by atoms with E-state index in [9.17, 15) is 8.42 Å². The molecule has 5 heteroatoms. The Kier molecular flexibility index (Phi) is 4.55. The summed E-state index contributed by atoms with van der Waals surface area (Å²) in [5.41, 5.74) is 0. The molecule has 1 saturated heterocycles. The average molecular weight is 234 g/mol. The van der Waals surface area contributed by atoms with Gasteiger partial charge in [0.05, 0.1) is 6.26 Å². The molecule has 0 aromatic heterocycles. The Morgan fingerprint density at radius 3 is 2.47 bits per heavy atom. The molecule has 0 aliphatic carbocycles. The Morgan fingerprint density at radius 2 is 1.93 bits per heavy atom.